The van der Waals surface area contributed by atoms with E-state index in [0.29, 0.717) is 0 Å². The molecule has 128 valence electrons. The lowest BCUT2D eigenvalue weighted by Crippen LogP contribution is -2.38. The number of sulfone groups is 1. The summed E-state index contributed by atoms with van der Waals surface area (Å²) in [5.41, 5.74) is 1.14. The highest BCUT2D eigenvalue weighted by Gasteiger charge is 2.28. The molecule has 0 spiro atoms. The van der Waals surface area contributed by atoms with E-state index in [9.17, 15) is 17.6 Å². The fourth-order valence-corrected chi connectivity index (χ4v) is 3.73. The molecular weight excluding hydrogens is 353 g/mol. The van der Waals surface area contributed by atoms with Crippen LogP contribution in [-0.4, -0.2) is 19.6 Å². The fourth-order valence-electron chi connectivity index (χ4n) is 2.07. The van der Waals surface area contributed by atoms with E-state index in [4.69, 9.17) is 11.6 Å². The molecule has 2 aromatic rings. The number of nitrogens with one attached hydrogen (secondary N) is 1. The SMILES string of the molecule is C[C@H](C(=O)NCc1ccccc1)S(=O)(=O)Cc1ccc(F)cc1Cl. The summed E-state index contributed by atoms with van der Waals surface area (Å²) in [4.78, 5) is 12.1. The van der Waals surface area contributed by atoms with Crippen LogP contribution in [-0.2, 0) is 26.9 Å². The summed E-state index contributed by atoms with van der Waals surface area (Å²) in [6.45, 7) is 1.57. The molecule has 0 fully saturated rings. The van der Waals surface area contributed by atoms with Gasteiger partial charge < -0.3 is 5.32 Å². The van der Waals surface area contributed by atoms with Gasteiger partial charge in [-0.25, -0.2) is 12.8 Å². The Morgan fingerprint density at radius 1 is 1.21 bits per heavy atom. The van der Waals surface area contributed by atoms with Crippen molar-refractivity contribution < 1.29 is 17.6 Å². The standard InChI is InChI=1S/C17H17ClFNO3S/c1-12(17(21)20-10-13-5-3-2-4-6-13)24(22,23)11-14-7-8-15(19)9-16(14)18/h2-9,12H,10-11H2,1H3,(H,20,21)/t12-/m1/s1. The fraction of sp³-hybridized carbons (Fsp3) is 0.235. The predicted octanol–water partition coefficient (Wildman–Crippen LogP) is 3.10. The van der Waals surface area contributed by atoms with E-state index in [0.717, 1.165) is 17.7 Å². The van der Waals surface area contributed by atoms with E-state index < -0.39 is 32.6 Å². The third kappa shape index (κ3) is 4.79. The Morgan fingerprint density at radius 2 is 1.88 bits per heavy atom. The smallest absolute Gasteiger partial charge is 0.238 e. The van der Waals surface area contributed by atoms with Gasteiger partial charge in [-0.2, -0.15) is 0 Å². The molecule has 0 aliphatic carbocycles. The van der Waals surface area contributed by atoms with E-state index in [-0.39, 0.29) is 17.1 Å². The predicted molar refractivity (Wildman–Crippen MR) is 91.8 cm³/mol. The molecule has 1 atom stereocenters. The van der Waals surface area contributed by atoms with E-state index in [1.807, 2.05) is 30.3 Å². The van der Waals surface area contributed by atoms with Crippen molar-refractivity contribution in [3.63, 3.8) is 0 Å². The Bertz CT molecular complexity index is 825. The highest BCUT2D eigenvalue weighted by atomic mass is 35.5. The Balaban J connectivity index is 2.03. The molecule has 2 aromatic carbocycles. The van der Waals surface area contributed by atoms with Crippen LogP contribution >= 0.6 is 11.6 Å². The van der Waals surface area contributed by atoms with E-state index in [2.05, 4.69) is 5.32 Å². The van der Waals surface area contributed by atoms with Gasteiger partial charge in [-0.3, -0.25) is 4.79 Å². The summed E-state index contributed by atoms with van der Waals surface area (Å²) in [5, 5.41) is 1.39. The molecular formula is C17H17ClFNO3S. The highest BCUT2D eigenvalue weighted by molar-refractivity contribution is 7.92. The molecule has 1 N–H and O–H groups in total. The van der Waals surface area contributed by atoms with E-state index >= 15 is 0 Å². The number of halogens is 2. The largest absolute Gasteiger partial charge is 0.351 e. The minimum absolute atomic E-state index is 0.0236. The molecule has 0 saturated carbocycles. The Hall–Kier alpha value is -1.92. The van der Waals surface area contributed by atoms with Crippen LogP contribution in [0.4, 0.5) is 4.39 Å². The van der Waals surface area contributed by atoms with E-state index in [1.54, 1.807) is 0 Å². The Labute approximate surface area is 145 Å². The minimum atomic E-state index is -3.77. The van der Waals surface area contributed by atoms with Crippen LogP contribution in [0.3, 0.4) is 0 Å². The van der Waals surface area contributed by atoms with Crippen LogP contribution in [0.2, 0.25) is 5.02 Å². The first-order chi connectivity index (χ1) is 11.3. The van der Waals surface area contributed by atoms with Crippen molar-refractivity contribution in [2.75, 3.05) is 0 Å². The molecule has 1 amide bonds. The topological polar surface area (TPSA) is 63.2 Å². The molecule has 0 unspecified atom stereocenters. The van der Waals surface area contributed by atoms with Crippen molar-refractivity contribution >= 4 is 27.3 Å². The molecule has 0 aliphatic heterocycles. The summed E-state index contributed by atoms with van der Waals surface area (Å²) in [7, 11) is -3.77. The number of benzene rings is 2. The maximum atomic E-state index is 13.0. The Morgan fingerprint density at radius 3 is 2.50 bits per heavy atom. The van der Waals surface area contributed by atoms with Crippen molar-refractivity contribution in [3.05, 3.63) is 70.5 Å². The lowest BCUT2D eigenvalue weighted by atomic mass is 10.2. The molecule has 4 nitrogen and oxygen atoms in total. The van der Waals surface area contributed by atoms with Crippen LogP contribution in [0, 0.1) is 5.82 Å². The number of hydrogen-bond donors (Lipinski definition) is 1. The van der Waals surface area contributed by atoms with Gasteiger partial charge in [0.05, 0.1) is 5.75 Å². The van der Waals surface area contributed by atoms with Gasteiger partial charge in [-0.1, -0.05) is 48.0 Å². The zero-order valence-corrected chi connectivity index (χ0v) is 14.6. The summed E-state index contributed by atoms with van der Waals surface area (Å²) >= 11 is 5.86. The highest BCUT2D eigenvalue weighted by Crippen LogP contribution is 2.21. The average Bonchev–Trinajstić information content (AvgIpc) is 2.55. The summed E-state index contributed by atoms with van der Waals surface area (Å²) < 4.78 is 37.8. The van der Waals surface area contributed by atoms with Gasteiger partial charge in [0, 0.05) is 11.6 Å². The molecule has 0 aliphatic rings. The minimum Gasteiger partial charge on any atom is -0.351 e. The van der Waals surface area contributed by atoms with Crippen LogP contribution in [0.5, 0.6) is 0 Å². The summed E-state index contributed by atoms with van der Waals surface area (Å²) in [5.74, 6) is -1.56. The van der Waals surface area contributed by atoms with Gasteiger partial charge in [0.25, 0.3) is 0 Å². The number of amides is 1. The molecule has 24 heavy (non-hydrogen) atoms. The molecule has 0 heterocycles. The second-order valence-corrected chi connectivity index (χ2v) is 8.12. The van der Waals surface area contributed by atoms with Gasteiger partial charge in [-0.05, 0) is 30.2 Å². The molecule has 2 rings (SSSR count). The maximum Gasteiger partial charge on any atom is 0.238 e. The normalized spacial score (nSPS) is 12.6. The number of hydrogen-bond acceptors (Lipinski definition) is 3. The second kappa shape index (κ2) is 7.77. The molecule has 0 saturated heterocycles. The van der Waals surface area contributed by atoms with Crippen molar-refractivity contribution in [2.45, 2.75) is 24.5 Å². The van der Waals surface area contributed by atoms with E-state index in [1.165, 1.54) is 13.0 Å². The zero-order valence-electron chi connectivity index (χ0n) is 13.0. The average molecular weight is 370 g/mol. The third-order valence-electron chi connectivity index (χ3n) is 3.59. The van der Waals surface area contributed by atoms with Gasteiger partial charge in [-0.15, -0.1) is 0 Å². The van der Waals surface area contributed by atoms with Gasteiger partial charge >= 0.3 is 0 Å². The zero-order chi connectivity index (χ0) is 17.7. The van der Waals surface area contributed by atoms with Gasteiger partial charge in [0.1, 0.15) is 11.1 Å². The number of rotatable bonds is 6. The van der Waals surface area contributed by atoms with Gasteiger partial charge in [0.2, 0.25) is 5.91 Å². The Kier molecular flexibility index (Phi) is 5.96. The maximum absolute atomic E-state index is 13.0. The monoisotopic (exact) mass is 369 g/mol. The first-order valence-corrected chi connectivity index (χ1v) is 9.36. The lowest BCUT2D eigenvalue weighted by molar-refractivity contribution is -0.120. The third-order valence-corrected chi connectivity index (χ3v) is 5.95. The number of carbonyl (C=O) groups is 1. The molecule has 0 bridgehead atoms. The van der Waals surface area contributed by atoms with Crippen LogP contribution in [0.1, 0.15) is 18.1 Å². The summed E-state index contributed by atoms with van der Waals surface area (Å²) in [6.07, 6.45) is 0. The first kappa shape index (κ1) is 18.4. The van der Waals surface area contributed by atoms with Crippen molar-refractivity contribution in [3.8, 4) is 0 Å². The van der Waals surface area contributed by atoms with Crippen LogP contribution < -0.4 is 5.32 Å². The van der Waals surface area contributed by atoms with Crippen LogP contribution in [0.15, 0.2) is 48.5 Å². The first-order valence-electron chi connectivity index (χ1n) is 7.27. The molecule has 0 aromatic heterocycles. The van der Waals surface area contributed by atoms with Crippen molar-refractivity contribution in [1.82, 2.24) is 5.32 Å². The number of carbonyl (C=O) groups excluding carboxylic acids is 1. The quantitative estimate of drug-likeness (QED) is 0.851. The molecule has 0 radical (unpaired) electrons. The van der Waals surface area contributed by atoms with Crippen molar-refractivity contribution in [2.24, 2.45) is 0 Å². The van der Waals surface area contributed by atoms with Crippen LogP contribution in [0.25, 0.3) is 0 Å². The summed E-state index contributed by atoms with van der Waals surface area (Å²) in [6, 6.07) is 12.7. The molecule has 7 heteroatoms. The van der Waals surface area contributed by atoms with Gasteiger partial charge in [0.15, 0.2) is 9.84 Å². The van der Waals surface area contributed by atoms with Crippen molar-refractivity contribution in [1.29, 1.82) is 0 Å². The second-order valence-electron chi connectivity index (χ2n) is 5.39. The lowest BCUT2D eigenvalue weighted by Gasteiger charge is -2.14.